The van der Waals surface area contributed by atoms with Gasteiger partial charge in [-0.25, -0.2) is 0 Å². The third kappa shape index (κ3) is 3.48. The van der Waals surface area contributed by atoms with Crippen molar-refractivity contribution in [2.24, 2.45) is 5.73 Å². The highest BCUT2D eigenvalue weighted by Crippen LogP contribution is 2.39. The van der Waals surface area contributed by atoms with Crippen molar-refractivity contribution in [1.82, 2.24) is 0 Å². The molecular formula is C14H21BrN2O2. The second-order valence-corrected chi connectivity index (χ2v) is 5.33. The van der Waals surface area contributed by atoms with E-state index in [0.29, 0.717) is 19.4 Å². The van der Waals surface area contributed by atoms with Gasteiger partial charge in [-0.3, -0.25) is 4.79 Å². The molecule has 0 saturated heterocycles. The Bertz CT molecular complexity index is 487. The van der Waals surface area contributed by atoms with Crippen molar-refractivity contribution in [3.8, 4) is 5.75 Å². The second-order valence-electron chi connectivity index (χ2n) is 4.54. The van der Waals surface area contributed by atoms with Gasteiger partial charge in [-0.2, -0.15) is 0 Å². The maximum Gasteiger partial charge on any atom is 0.224 e. The molecule has 0 saturated carbocycles. The first-order chi connectivity index (χ1) is 8.93. The van der Waals surface area contributed by atoms with E-state index in [4.69, 9.17) is 10.5 Å². The highest BCUT2D eigenvalue weighted by molar-refractivity contribution is 9.10. The number of nitrogens with one attached hydrogen (secondary N) is 1. The number of hydrogen-bond acceptors (Lipinski definition) is 3. The molecule has 0 radical (unpaired) electrons. The van der Waals surface area contributed by atoms with Crippen LogP contribution in [0.2, 0.25) is 0 Å². The number of anilines is 1. The number of rotatable bonds is 5. The van der Waals surface area contributed by atoms with E-state index in [1.807, 2.05) is 20.8 Å². The molecule has 0 aromatic heterocycles. The Morgan fingerprint density at radius 1 is 1.26 bits per heavy atom. The predicted octanol–water partition coefficient (Wildman–Crippen LogP) is 3.06. The van der Waals surface area contributed by atoms with Gasteiger partial charge in [0, 0.05) is 10.9 Å². The molecule has 0 heterocycles. The number of amides is 1. The van der Waals surface area contributed by atoms with Crippen LogP contribution in [0.25, 0.3) is 0 Å². The number of nitrogens with two attached hydrogens (primary N) is 1. The Kier molecular flexibility index (Phi) is 5.82. The van der Waals surface area contributed by atoms with Gasteiger partial charge < -0.3 is 15.8 Å². The molecule has 0 bridgehead atoms. The summed E-state index contributed by atoms with van der Waals surface area (Å²) < 4.78 is 6.44. The van der Waals surface area contributed by atoms with Crippen molar-refractivity contribution in [2.75, 3.05) is 19.0 Å². The van der Waals surface area contributed by atoms with Crippen molar-refractivity contribution in [1.29, 1.82) is 0 Å². The minimum atomic E-state index is -0.0398. The lowest BCUT2D eigenvalue weighted by molar-refractivity contribution is -0.116. The fourth-order valence-electron chi connectivity index (χ4n) is 1.95. The lowest BCUT2D eigenvalue weighted by Crippen LogP contribution is -2.15. The molecule has 0 aliphatic rings. The molecule has 1 aromatic rings. The fourth-order valence-corrected chi connectivity index (χ4v) is 2.45. The number of benzene rings is 1. The lowest BCUT2D eigenvalue weighted by Gasteiger charge is -2.19. The summed E-state index contributed by atoms with van der Waals surface area (Å²) in [5.74, 6) is 0.682. The summed E-state index contributed by atoms with van der Waals surface area (Å²) in [6.07, 6.45) is 1.10. The molecular weight excluding hydrogens is 308 g/mol. The second kappa shape index (κ2) is 6.91. The Balaban J connectivity index is 3.16. The Morgan fingerprint density at radius 3 is 2.42 bits per heavy atom. The van der Waals surface area contributed by atoms with E-state index in [1.54, 1.807) is 7.11 Å². The van der Waals surface area contributed by atoms with Crippen molar-refractivity contribution in [3.63, 3.8) is 0 Å². The fraction of sp³-hybridized carbons (Fsp3) is 0.500. The molecule has 0 atom stereocenters. The van der Waals surface area contributed by atoms with Crippen molar-refractivity contribution in [3.05, 3.63) is 21.2 Å². The molecule has 5 heteroatoms. The largest absolute Gasteiger partial charge is 0.494 e. The van der Waals surface area contributed by atoms with Crippen LogP contribution >= 0.6 is 15.9 Å². The van der Waals surface area contributed by atoms with Gasteiger partial charge in [0.25, 0.3) is 0 Å². The minimum Gasteiger partial charge on any atom is -0.494 e. The highest BCUT2D eigenvalue weighted by atomic mass is 79.9. The van der Waals surface area contributed by atoms with Gasteiger partial charge in [0.2, 0.25) is 5.91 Å². The first-order valence-corrected chi connectivity index (χ1v) is 7.06. The third-order valence-electron chi connectivity index (χ3n) is 3.24. The maximum atomic E-state index is 11.9. The average Bonchev–Trinajstić information content (AvgIpc) is 2.40. The first kappa shape index (κ1) is 16.0. The molecule has 0 unspecified atom stereocenters. The molecule has 0 fully saturated rings. The van der Waals surface area contributed by atoms with Gasteiger partial charge in [-0.1, -0.05) is 15.9 Å². The number of methoxy groups -OCH3 is 1. The van der Waals surface area contributed by atoms with Gasteiger partial charge in [0.1, 0.15) is 5.75 Å². The van der Waals surface area contributed by atoms with E-state index in [9.17, 15) is 4.79 Å². The summed E-state index contributed by atoms with van der Waals surface area (Å²) in [5.41, 5.74) is 9.26. The number of carbonyl (C=O) groups excluding carboxylic acids is 1. The Morgan fingerprint density at radius 2 is 1.89 bits per heavy atom. The summed E-state index contributed by atoms with van der Waals surface area (Å²) >= 11 is 3.56. The van der Waals surface area contributed by atoms with E-state index in [1.165, 1.54) is 0 Å². The highest BCUT2D eigenvalue weighted by Gasteiger charge is 2.18. The molecule has 106 valence electrons. The molecule has 19 heavy (non-hydrogen) atoms. The zero-order chi connectivity index (χ0) is 14.6. The zero-order valence-electron chi connectivity index (χ0n) is 11.9. The monoisotopic (exact) mass is 328 g/mol. The number of halogens is 1. The van der Waals surface area contributed by atoms with Gasteiger partial charge in [0.05, 0.1) is 12.8 Å². The minimum absolute atomic E-state index is 0.0398. The molecule has 1 aromatic carbocycles. The molecule has 0 spiro atoms. The number of carbonyl (C=O) groups is 1. The first-order valence-electron chi connectivity index (χ1n) is 6.27. The van der Waals surface area contributed by atoms with Crippen LogP contribution in [0.5, 0.6) is 5.75 Å². The number of ether oxygens (including phenoxy) is 1. The van der Waals surface area contributed by atoms with Crippen LogP contribution < -0.4 is 15.8 Å². The van der Waals surface area contributed by atoms with Crippen LogP contribution in [0.1, 0.15) is 29.5 Å². The molecule has 1 rings (SSSR count). The standard InChI is InChI=1S/C14H21BrN2O2/c1-8-9(2)14(19-4)13(10(3)12(8)15)17-11(18)6-5-7-16/h5-7,16H2,1-4H3,(H,17,18). The van der Waals surface area contributed by atoms with Crippen LogP contribution in [-0.4, -0.2) is 19.6 Å². The number of hydrogen-bond donors (Lipinski definition) is 2. The molecule has 4 nitrogen and oxygen atoms in total. The Hall–Kier alpha value is -1.07. The van der Waals surface area contributed by atoms with E-state index in [0.717, 1.165) is 32.6 Å². The van der Waals surface area contributed by atoms with Crippen molar-refractivity contribution in [2.45, 2.75) is 33.6 Å². The van der Waals surface area contributed by atoms with Crippen molar-refractivity contribution < 1.29 is 9.53 Å². The van der Waals surface area contributed by atoms with Crippen LogP contribution in [0.3, 0.4) is 0 Å². The molecule has 3 N–H and O–H groups in total. The lowest BCUT2D eigenvalue weighted by atomic mass is 10.0. The third-order valence-corrected chi connectivity index (χ3v) is 4.43. The molecule has 0 aliphatic heterocycles. The quantitative estimate of drug-likeness (QED) is 0.873. The van der Waals surface area contributed by atoms with Crippen molar-refractivity contribution >= 4 is 27.5 Å². The zero-order valence-corrected chi connectivity index (χ0v) is 13.5. The van der Waals surface area contributed by atoms with Gasteiger partial charge in [-0.05, 0) is 50.4 Å². The molecule has 0 aliphatic carbocycles. The summed E-state index contributed by atoms with van der Waals surface area (Å²) in [4.78, 5) is 11.9. The average molecular weight is 329 g/mol. The van der Waals surface area contributed by atoms with Gasteiger partial charge in [-0.15, -0.1) is 0 Å². The molecule has 1 amide bonds. The van der Waals surface area contributed by atoms with E-state index < -0.39 is 0 Å². The summed E-state index contributed by atoms with van der Waals surface area (Å²) in [7, 11) is 1.62. The predicted molar refractivity (Wildman–Crippen MR) is 81.8 cm³/mol. The summed E-state index contributed by atoms with van der Waals surface area (Å²) in [5, 5.41) is 2.92. The maximum absolute atomic E-state index is 11.9. The Labute approximate surface area is 122 Å². The van der Waals surface area contributed by atoms with E-state index >= 15 is 0 Å². The van der Waals surface area contributed by atoms with Gasteiger partial charge >= 0.3 is 0 Å². The van der Waals surface area contributed by atoms with Crippen LogP contribution in [0, 0.1) is 20.8 Å². The van der Waals surface area contributed by atoms with Gasteiger partial charge in [0.15, 0.2) is 0 Å². The van der Waals surface area contributed by atoms with Crippen LogP contribution in [0.4, 0.5) is 5.69 Å². The summed E-state index contributed by atoms with van der Waals surface area (Å²) in [6.45, 7) is 6.47. The van der Waals surface area contributed by atoms with Crippen LogP contribution in [0.15, 0.2) is 4.47 Å². The SMILES string of the molecule is COc1c(C)c(C)c(Br)c(C)c1NC(=O)CCCN. The topological polar surface area (TPSA) is 64.3 Å². The van der Waals surface area contributed by atoms with E-state index in [2.05, 4.69) is 21.2 Å². The smallest absolute Gasteiger partial charge is 0.224 e. The normalized spacial score (nSPS) is 10.4. The van der Waals surface area contributed by atoms with Crippen LogP contribution in [-0.2, 0) is 4.79 Å². The summed E-state index contributed by atoms with van der Waals surface area (Å²) in [6, 6.07) is 0. The van der Waals surface area contributed by atoms with E-state index in [-0.39, 0.29) is 5.91 Å².